The lowest BCUT2D eigenvalue weighted by Gasteiger charge is -2.33. The second kappa shape index (κ2) is 7.08. The zero-order chi connectivity index (χ0) is 16.2. The molecule has 0 radical (unpaired) electrons. The first-order chi connectivity index (χ1) is 10.3. The average Bonchev–Trinajstić information content (AvgIpc) is 2.45. The van der Waals surface area contributed by atoms with Crippen molar-refractivity contribution in [3.05, 3.63) is 35.9 Å². The van der Waals surface area contributed by atoms with Gasteiger partial charge < -0.3 is 0 Å². The van der Waals surface area contributed by atoms with Gasteiger partial charge in [0.25, 0.3) is 0 Å². The highest BCUT2D eigenvalue weighted by atomic mass is 32.2. The Kier molecular flexibility index (Phi) is 5.60. The van der Waals surface area contributed by atoms with E-state index >= 15 is 0 Å². The van der Waals surface area contributed by atoms with Gasteiger partial charge in [0.05, 0.1) is 11.5 Å². The molecule has 1 aliphatic heterocycles. The van der Waals surface area contributed by atoms with Gasteiger partial charge in [0.2, 0.25) is 10.0 Å². The summed E-state index contributed by atoms with van der Waals surface area (Å²) in [5.41, 5.74) is 0.780. The summed E-state index contributed by atoms with van der Waals surface area (Å²) in [5.74, 6) is 0.126. The SMILES string of the molecule is CS(=O)(=O)CCN1CCN(S(=O)(=O)Cc2ccccc2)CC1. The topological polar surface area (TPSA) is 74.8 Å². The van der Waals surface area contributed by atoms with Gasteiger partial charge in [0, 0.05) is 39.0 Å². The molecule has 0 N–H and O–H groups in total. The van der Waals surface area contributed by atoms with Crippen LogP contribution in [0.25, 0.3) is 0 Å². The summed E-state index contributed by atoms with van der Waals surface area (Å²) in [6, 6.07) is 9.12. The minimum absolute atomic E-state index is 0.0111. The molecular weight excluding hydrogens is 324 g/mol. The molecule has 0 unspecified atom stereocenters. The lowest BCUT2D eigenvalue weighted by atomic mass is 10.2. The highest BCUT2D eigenvalue weighted by Gasteiger charge is 2.27. The van der Waals surface area contributed by atoms with E-state index in [-0.39, 0.29) is 11.5 Å². The molecule has 0 atom stereocenters. The van der Waals surface area contributed by atoms with Crippen molar-refractivity contribution in [2.75, 3.05) is 44.7 Å². The van der Waals surface area contributed by atoms with Crippen molar-refractivity contribution in [1.29, 1.82) is 0 Å². The fraction of sp³-hybridized carbons (Fsp3) is 0.571. The van der Waals surface area contributed by atoms with E-state index in [0.29, 0.717) is 32.7 Å². The van der Waals surface area contributed by atoms with Gasteiger partial charge in [-0.25, -0.2) is 16.8 Å². The molecule has 0 amide bonds. The van der Waals surface area contributed by atoms with Crippen LogP contribution in [0.15, 0.2) is 30.3 Å². The third-order valence-corrected chi connectivity index (χ3v) is 6.47. The van der Waals surface area contributed by atoms with Crippen molar-refractivity contribution in [2.45, 2.75) is 5.75 Å². The summed E-state index contributed by atoms with van der Waals surface area (Å²) in [4.78, 5) is 2.00. The molecule has 22 heavy (non-hydrogen) atoms. The Balaban J connectivity index is 1.88. The summed E-state index contributed by atoms with van der Waals surface area (Å²) in [6.07, 6.45) is 1.22. The summed E-state index contributed by atoms with van der Waals surface area (Å²) in [7, 11) is -6.29. The van der Waals surface area contributed by atoms with Crippen LogP contribution in [-0.4, -0.2) is 70.8 Å². The smallest absolute Gasteiger partial charge is 0.218 e. The van der Waals surface area contributed by atoms with Crippen molar-refractivity contribution in [3.8, 4) is 0 Å². The van der Waals surface area contributed by atoms with E-state index in [2.05, 4.69) is 0 Å². The van der Waals surface area contributed by atoms with E-state index < -0.39 is 19.9 Å². The average molecular weight is 346 g/mol. The van der Waals surface area contributed by atoms with Crippen molar-refractivity contribution >= 4 is 19.9 Å². The molecule has 1 aromatic carbocycles. The van der Waals surface area contributed by atoms with Gasteiger partial charge in [-0.2, -0.15) is 4.31 Å². The van der Waals surface area contributed by atoms with Crippen molar-refractivity contribution < 1.29 is 16.8 Å². The van der Waals surface area contributed by atoms with Gasteiger partial charge in [-0.15, -0.1) is 0 Å². The van der Waals surface area contributed by atoms with Gasteiger partial charge in [0.15, 0.2) is 0 Å². The molecule has 1 aliphatic rings. The maximum atomic E-state index is 12.4. The Bertz CT molecular complexity index is 679. The van der Waals surface area contributed by atoms with Crippen LogP contribution in [0.4, 0.5) is 0 Å². The van der Waals surface area contributed by atoms with E-state index in [0.717, 1.165) is 5.56 Å². The Morgan fingerprint density at radius 2 is 1.55 bits per heavy atom. The van der Waals surface area contributed by atoms with Gasteiger partial charge in [-0.05, 0) is 5.56 Å². The maximum Gasteiger partial charge on any atom is 0.218 e. The van der Waals surface area contributed by atoms with Crippen LogP contribution in [-0.2, 0) is 25.6 Å². The summed E-state index contributed by atoms with van der Waals surface area (Å²) < 4.78 is 48.6. The van der Waals surface area contributed by atoms with Crippen LogP contribution in [0.3, 0.4) is 0 Å². The number of sulfone groups is 1. The molecule has 6 nitrogen and oxygen atoms in total. The second-order valence-electron chi connectivity index (χ2n) is 5.61. The first-order valence-electron chi connectivity index (χ1n) is 7.18. The highest BCUT2D eigenvalue weighted by molar-refractivity contribution is 7.90. The van der Waals surface area contributed by atoms with Gasteiger partial charge >= 0.3 is 0 Å². The summed E-state index contributed by atoms with van der Waals surface area (Å²) in [5, 5.41) is 0. The maximum absolute atomic E-state index is 12.4. The van der Waals surface area contributed by atoms with E-state index in [9.17, 15) is 16.8 Å². The highest BCUT2D eigenvalue weighted by Crippen LogP contribution is 2.13. The quantitative estimate of drug-likeness (QED) is 0.734. The third-order valence-electron chi connectivity index (χ3n) is 3.69. The molecule has 0 saturated carbocycles. The molecular formula is C14H22N2O4S2. The normalized spacial score (nSPS) is 18.4. The third kappa shape index (κ3) is 5.35. The standard InChI is InChI=1S/C14H22N2O4S2/c1-21(17,18)12-11-15-7-9-16(10-8-15)22(19,20)13-14-5-3-2-4-6-14/h2-6H,7-13H2,1H3. The molecule has 1 fully saturated rings. The number of hydrogen-bond donors (Lipinski definition) is 0. The molecule has 0 bridgehead atoms. The van der Waals surface area contributed by atoms with Crippen LogP contribution in [0, 0.1) is 0 Å². The fourth-order valence-electron chi connectivity index (χ4n) is 2.40. The lowest BCUT2D eigenvalue weighted by Crippen LogP contribution is -2.49. The molecule has 8 heteroatoms. The van der Waals surface area contributed by atoms with Crippen LogP contribution in [0.1, 0.15) is 5.56 Å². The number of nitrogens with zero attached hydrogens (tertiary/aromatic N) is 2. The predicted octanol–water partition coefficient (Wildman–Crippen LogP) is 0.179. The van der Waals surface area contributed by atoms with Crippen molar-refractivity contribution in [2.24, 2.45) is 0 Å². The Morgan fingerprint density at radius 1 is 0.955 bits per heavy atom. The van der Waals surface area contributed by atoms with Gasteiger partial charge in [-0.3, -0.25) is 4.90 Å². The number of benzene rings is 1. The first-order valence-corrected chi connectivity index (χ1v) is 10.8. The number of piperazine rings is 1. The Hall–Kier alpha value is -0.960. The predicted molar refractivity (Wildman–Crippen MR) is 86.8 cm³/mol. The van der Waals surface area contributed by atoms with Crippen LogP contribution >= 0.6 is 0 Å². The lowest BCUT2D eigenvalue weighted by molar-refractivity contribution is 0.197. The van der Waals surface area contributed by atoms with Crippen LogP contribution < -0.4 is 0 Å². The van der Waals surface area contributed by atoms with Gasteiger partial charge in [-0.1, -0.05) is 30.3 Å². The largest absolute Gasteiger partial charge is 0.300 e. The molecule has 0 spiro atoms. The number of sulfonamides is 1. The van der Waals surface area contributed by atoms with E-state index in [1.165, 1.54) is 10.6 Å². The van der Waals surface area contributed by atoms with Crippen LogP contribution in [0.5, 0.6) is 0 Å². The molecule has 2 rings (SSSR count). The summed E-state index contributed by atoms with van der Waals surface area (Å²) >= 11 is 0. The molecule has 1 heterocycles. The zero-order valence-electron chi connectivity index (χ0n) is 12.7. The van der Waals surface area contributed by atoms with Gasteiger partial charge in [0.1, 0.15) is 9.84 Å². The molecule has 0 aromatic heterocycles. The van der Waals surface area contributed by atoms with Crippen molar-refractivity contribution in [1.82, 2.24) is 9.21 Å². The van der Waals surface area contributed by atoms with Crippen LogP contribution in [0.2, 0.25) is 0 Å². The monoisotopic (exact) mass is 346 g/mol. The number of rotatable bonds is 6. The first kappa shape index (κ1) is 17.4. The van der Waals surface area contributed by atoms with E-state index in [1.807, 2.05) is 23.1 Å². The Labute approximate surface area is 132 Å². The zero-order valence-corrected chi connectivity index (χ0v) is 14.3. The Morgan fingerprint density at radius 3 is 2.09 bits per heavy atom. The molecule has 124 valence electrons. The molecule has 0 aliphatic carbocycles. The minimum atomic E-state index is -3.31. The fourth-order valence-corrected chi connectivity index (χ4v) is 4.51. The minimum Gasteiger partial charge on any atom is -0.300 e. The van der Waals surface area contributed by atoms with E-state index in [4.69, 9.17) is 0 Å². The second-order valence-corrected chi connectivity index (χ2v) is 9.84. The van der Waals surface area contributed by atoms with Crippen molar-refractivity contribution in [3.63, 3.8) is 0 Å². The summed E-state index contributed by atoms with van der Waals surface area (Å²) in [6.45, 7) is 2.44. The number of hydrogen-bond acceptors (Lipinski definition) is 5. The molecule has 1 saturated heterocycles. The van der Waals surface area contributed by atoms with E-state index in [1.54, 1.807) is 12.1 Å². The molecule has 1 aromatic rings.